The van der Waals surface area contributed by atoms with E-state index in [1.54, 1.807) is 11.3 Å². The van der Waals surface area contributed by atoms with E-state index in [4.69, 9.17) is 11.6 Å². The van der Waals surface area contributed by atoms with Crippen molar-refractivity contribution in [1.82, 2.24) is 4.98 Å². The van der Waals surface area contributed by atoms with Gasteiger partial charge in [-0.15, -0.1) is 22.9 Å². The molecule has 2 nitrogen and oxygen atoms in total. The third-order valence-corrected chi connectivity index (χ3v) is 4.78. The zero-order chi connectivity index (χ0) is 15.1. The minimum absolute atomic E-state index is 0.521. The summed E-state index contributed by atoms with van der Waals surface area (Å²) in [6.45, 7) is 6.52. The molecule has 0 aliphatic heterocycles. The molecule has 0 radical (unpaired) electrons. The fraction of sp³-hybridized carbons (Fsp3) is 0.471. The number of halogens is 1. The highest BCUT2D eigenvalue weighted by molar-refractivity contribution is 7.09. The average Bonchev–Trinajstić information content (AvgIpc) is 2.95. The first-order valence-electron chi connectivity index (χ1n) is 7.53. The molecule has 0 atom stereocenters. The molecule has 0 aliphatic carbocycles. The van der Waals surface area contributed by atoms with Gasteiger partial charge in [-0.05, 0) is 50.8 Å². The summed E-state index contributed by atoms with van der Waals surface area (Å²) in [5.41, 5.74) is 3.66. The van der Waals surface area contributed by atoms with Crippen LogP contribution >= 0.6 is 22.9 Å². The molecule has 0 saturated heterocycles. The van der Waals surface area contributed by atoms with Crippen LogP contribution in [0.3, 0.4) is 0 Å². The molecule has 114 valence electrons. The van der Waals surface area contributed by atoms with E-state index < -0.39 is 0 Å². The lowest BCUT2D eigenvalue weighted by atomic mass is 10.2. The summed E-state index contributed by atoms with van der Waals surface area (Å²) in [4.78, 5) is 6.95. The smallest absolute Gasteiger partial charge is 0.0928 e. The number of rotatable bonds is 8. The molecule has 0 fully saturated rings. The number of alkyl halides is 1. The first kappa shape index (κ1) is 16.3. The summed E-state index contributed by atoms with van der Waals surface area (Å²) >= 11 is 7.51. The molecule has 2 rings (SSSR count). The Bertz CT molecular complexity index is 553. The standard InChI is InChI=1S/C17H23ClN2S/c1-3-20(16-8-6-7-14(2)11-16)10-5-4-9-17-19-15(12-18)13-21-17/h6-8,11,13H,3-5,9-10,12H2,1-2H3. The zero-order valence-corrected chi connectivity index (χ0v) is 14.4. The topological polar surface area (TPSA) is 16.1 Å². The molecule has 21 heavy (non-hydrogen) atoms. The maximum Gasteiger partial charge on any atom is 0.0928 e. The summed E-state index contributed by atoms with van der Waals surface area (Å²) in [5.74, 6) is 0.521. The lowest BCUT2D eigenvalue weighted by Crippen LogP contribution is -2.23. The van der Waals surface area contributed by atoms with E-state index in [2.05, 4.69) is 53.4 Å². The highest BCUT2D eigenvalue weighted by Crippen LogP contribution is 2.18. The molecule has 0 amide bonds. The van der Waals surface area contributed by atoms with Gasteiger partial charge in [-0.3, -0.25) is 0 Å². The number of aromatic nitrogens is 1. The van der Waals surface area contributed by atoms with Crippen molar-refractivity contribution in [2.45, 2.75) is 39.0 Å². The first-order chi connectivity index (χ1) is 10.2. The number of unbranched alkanes of at least 4 members (excludes halogenated alkanes) is 1. The Balaban J connectivity index is 1.78. The molecule has 0 bridgehead atoms. The second kappa shape index (κ2) is 8.40. The fourth-order valence-corrected chi connectivity index (χ4v) is 3.47. The van der Waals surface area contributed by atoms with Crippen molar-refractivity contribution in [1.29, 1.82) is 0 Å². The molecular formula is C17H23ClN2S. The third-order valence-electron chi connectivity index (χ3n) is 3.55. The van der Waals surface area contributed by atoms with Gasteiger partial charge in [0.2, 0.25) is 0 Å². The van der Waals surface area contributed by atoms with Crippen molar-refractivity contribution in [2.75, 3.05) is 18.0 Å². The van der Waals surface area contributed by atoms with Gasteiger partial charge in [-0.2, -0.15) is 0 Å². The number of hydrogen-bond acceptors (Lipinski definition) is 3. The quantitative estimate of drug-likeness (QED) is 0.500. The fourth-order valence-electron chi connectivity index (χ4n) is 2.40. The average molecular weight is 323 g/mol. The summed E-state index contributed by atoms with van der Waals surface area (Å²) < 4.78 is 0. The van der Waals surface area contributed by atoms with Gasteiger partial charge in [0.05, 0.1) is 16.6 Å². The van der Waals surface area contributed by atoms with Crippen molar-refractivity contribution in [3.8, 4) is 0 Å². The van der Waals surface area contributed by atoms with Crippen LogP contribution in [0.15, 0.2) is 29.6 Å². The lowest BCUT2D eigenvalue weighted by molar-refractivity contribution is 0.694. The van der Waals surface area contributed by atoms with Crippen LogP contribution in [-0.4, -0.2) is 18.1 Å². The molecule has 0 saturated carbocycles. The number of hydrogen-bond donors (Lipinski definition) is 0. The van der Waals surface area contributed by atoms with Crippen molar-refractivity contribution < 1.29 is 0 Å². The van der Waals surface area contributed by atoms with Gasteiger partial charge in [0.25, 0.3) is 0 Å². The number of anilines is 1. The van der Waals surface area contributed by atoms with Gasteiger partial charge in [-0.1, -0.05) is 12.1 Å². The number of nitrogens with zero attached hydrogens (tertiary/aromatic N) is 2. The molecule has 2 aromatic rings. The Morgan fingerprint density at radius 3 is 2.81 bits per heavy atom. The Kier molecular flexibility index (Phi) is 6.52. The first-order valence-corrected chi connectivity index (χ1v) is 8.95. The number of thiazole rings is 1. The van der Waals surface area contributed by atoms with Gasteiger partial charge in [-0.25, -0.2) is 4.98 Å². The maximum absolute atomic E-state index is 5.78. The molecule has 1 aromatic carbocycles. The van der Waals surface area contributed by atoms with E-state index in [0.29, 0.717) is 5.88 Å². The Morgan fingerprint density at radius 2 is 2.14 bits per heavy atom. The highest BCUT2D eigenvalue weighted by atomic mass is 35.5. The second-order valence-corrected chi connectivity index (χ2v) is 6.45. The van der Waals surface area contributed by atoms with Gasteiger partial charge >= 0.3 is 0 Å². The largest absolute Gasteiger partial charge is 0.372 e. The molecule has 1 aromatic heterocycles. The van der Waals surface area contributed by atoms with Gasteiger partial charge in [0.1, 0.15) is 0 Å². The van der Waals surface area contributed by atoms with Crippen LogP contribution in [0, 0.1) is 6.92 Å². The minimum Gasteiger partial charge on any atom is -0.372 e. The Morgan fingerprint density at radius 1 is 1.29 bits per heavy atom. The van der Waals surface area contributed by atoms with E-state index in [-0.39, 0.29) is 0 Å². The molecular weight excluding hydrogens is 300 g/mol. The molecule has 0 unspecified atom stereocenters. The molecule has 0 spiro atoms. The predicted octanol–water partition coefficient (Wildman–Crippen LogP) is 5.04. The lowest BCUT2D eigenvalue weighted by Gasteiger charge is -2.23. The van der Waals surface area contributed by atoms with Crippen molar-refractivity contribution in [3.05, 3.63) is 45.9 Å². The number of aryl methyl sites for hydroxylation is 2. The normalized spacial score (nSPS) is 10.8. The van der Waals surface area contributed by atoms with Crippen LogP contribution < -0.4 is 4.90 Å². The van der Waals surface area contributed by atoms with E-state index in [0.717, 1.165) is 25.2 Å². The van der Waals surface area contributed by atoms with Crippen LogP contribution in [-0.2, 0) is 12.3 Å². The van der Waals surface area contributed by atoms with Gasteiger partial charge < -0.3 is 4.90 Å². The molecule has 0 N–H and O–H groups in total. The summed E-state index contributed by atoms with van der Waals surface area (Å²) in [6.07, 6.45) is 3.43. The summed E-state index contributed by atoms with van der Waals surface area (Å²) in [7, 11) is 0. The maximum atomic E-state index is 5.78. The van der Waals surface area contributed by atoms with E-state index in [1.165, 1.54) is 29.1 Å². The van der Waals surface area contributed by atoms with Crippen LogP contribution in [0.5, 0.6) is 0 Å². The van der Waals surface area contributed by atoms with Crippen molar-refractivity contribution in [3.63, 3.8) is 0 Å². The Labute approximate surface area is 136 Å². The zero-order valence-electron chi connectivity index (χ0n) is 12.8. The van der Waals surface area contributed by atoms with Crippen LogP contribution in [0.1, 0.15) is 36.0 Å². The Hall–Kier alpha value is -1.06. The van der Waals surface area contributed by atoms with Gasteiger partial charge in [0.15, 0.2) is 0 Å². The SMILES string of the molecule is CCN(CCCCc1nc(CCl)cs1)c1cccc(C)c1. The van der Waals surface area contributed by atoms with Crippen molar-refractivity contribution in [2.24, 2.45) is 0 Å². The van der Waals surface area contributed by atoms with E-state index >= 15 is 0 Å². The van der Waals surface area contributed by atoms with E-state index in [9.17, 15) is 0 Å². The van der Waals surface area contributed by atoms with E-state index in [1.807, 2.05) is 0 Å². The molecule has 0 aliphatic rings. The number of benzene rings is 1. The van der Waals surface area contributed by atoms with Crippen LogP contribution in [0.4, 0.5) is 5.69 Å². The highest BCUT2D eigenvalue weighted by Gasteiger charge is 2.05. The summed E-state index contributed by atoms with van der Waals surface area (Å²) in [6, 6.07) is 8.74. The van der Waals surface area contributed by atoms with Gasteiger partial charge in [0, 0.05) is 24.2 Å². The molecule has 4 heteroatoms. The minimum atomic E-state index is 0.521. The second-order valence-electron chi connectivity index (χ2n) is 5.24. The van der Waals surface area contributed by atoms with Crippen molar-refractivity contribution >= 4 is 28.6 Å². The third kappa shape index (κ3) is 5.01. The summed E-state index contributed by atoms with van der Waals surface area (Å²) in [5, 5.41) is 3.28. The van der Waals surface area contributed by atoms with Crippen LogP contribution in [0.25, 0.3) is 0 Å². The van der Waals surface area contributed by atoms with Crippen LogP contribution in [0.2, 0.25) is 0 Å². The predicted molar refractivity (Wildman–Crippen MR) is 93.7 cm³/mol. The molecule has 1 heterocycles. The monoisotopic (exact) mass is 322 g/mol.